The van der Waals surface area contributed by atoms with Gasteiger partial charge in [-0.15, -0.1) is 0 Å². The standard InChI is InChI=1S/C24H26N2O7/c1-32-20-8-12-5-15(6-13(12)9-21(20)33-2)25-11-19(28)16-3-4-18(27)23-17(16)7-14(10-22(29)30)24(31)26-23/h3-4,7-9,15,19,25,27-28H,5-6,10-11H2,1-2H3,(H,26,31)(H,29,30). The number of aliphatic hydroxyl groups is 1. The van der Waals surface area contributed by atoms with Crippen LogP contribution in [0.3, 0.4) is 0 Å². The molecule has 1 atom stereocenters. The van der Waals surface area contributed by atoms with Crippen molar-refractivity contribution in [1.82, 2.24) is 10.3 Å². The third kappa shape index (κ3) is 4.50. The van der Waals surface area contributed by atoms with Crippen molar-refractivity contribution in [3.05, 3.63) is 62.9 Å². The first-order chi connectivity index (χ1) is 15.8. The number of aromatic nitrogens is 1. The van der Waals surface area contributed by atoms with Gasteiger partial charge in [0, 0.05) is 23.5 Å². The maximum Gasteiger partial charge on any atom is 0.308 e. The normalized spacial score (nSPS) is 14.3. The van der Waals surface area contributed by atoms with E-state index in [1.807, 2.05) is 12.1 Å². The van der Waals surface area contributed by atoms with E-state index in [0.717, 1.165) is 24.0 Å². The van der Waals surface area contributed by atoms with Gasteiger partial charge in [-0.25, -0.2) is 0 Å². The number of H-pyrrole nitrogens is 1. The van der Waals surface area contributed by atoms with Crippen LogP contribution < -0.4 is 20.3 Å². The van der Waals surface area contributed by atoms with Gasteiger partial charge in [0.15, 0.2) is 11.5 Å². The number of rotatable bonds is 8. The minimum atomic E-state index is -1.14. The summed E-state index contributed by atoms with van der Waals surface area (Å²) >= 11 is 0. The van der Waals surface area contributed by atoms with Gasteiger partial charge in [0.1, 0.15) is 5.75 Å². The lowest BCUT2D eigenvalue weighted by atomic mass is 10.00. The number of phenols is 1. The minimum Gasteiger partial charge on any atom is -0.506 e. The molecule has 0 saturated heterocycles. The van der Waals surface area contributed by atoms with Gasteiger partial charge in [-0.1, -0.05) is 6.07 Å². The molecule has 3 aromatic rings. The van der Waals surface area contributed by atoms with Crippen molar-refractivity contribution in [3.63, 3.8) is 0 Å². The summed E-state index contributed by atoms with van der Waals surface area (Å²) in [4.78, 5) is 25.8. The third-order valence-electron chi connectivity index (χ3n) is 6.04. The van der Waals surface area contributed by atoms with E-state index in [-0.39, 0.29) is 29.4 Å². The maximum absolute atomic E-state index is 12.2. The number of phenolic OH excluding ortho intramolecular Hbond substituents is 1. The molecule has 0 amide bonds. The highest BCUT2D eigenvalue weighted by molar-refractivity contribution is 5.88. The molecule has 1 aliphatic carbocycles. The Bertz CT molecular complexity index is 1230. The molecule has 1 unspecified atom stereocenters. The summed E-state index contributed by atoms with van der Waals surface area (Å²) in [7, 11) is 3.20. The first-order valence-electron chi connectivity index (χ1n) is 10.6. The topological polar surface area (TPSA) is 141 Å². The van der Waals surface area contributed by atoms with Crippen molar-refractivity contribution in [2.75, 3.05) is 20.8 Å². The summed E-state index contributed by atoms with van der Waals surface area (Å²) in [6.45, 7) is 0.236. The number of hydrogen-bond acceptors (Lipinski definition) is 7. The number of nitrogens with one attached hydrogen (secondary N) is 2. The number of hydrogen-bond donors (Lipinski definition) is 5. The SMILES string of the molecule is COc1cc2c(cc1OC)CC(NCC(O)c1ccc(O)c3[nH]c(=O)c(CC(=O)O)cc13)C2. The summed E-state index contributed by atoms with van der Waals surface area (Å²) in [5.41, 5.74) is 2.43. The zero-order valence-electron chi connectivity index (χ0n) is 18.3. The first-order valence-corrected chi connectivity index (χ1v) is 10.6. The van der Waals surface area contributed by atoms with E-state index in [4.69, 9.17) is 14.6 Å². The average Bonchev–Trinajstić information content (AvgIpc) is 3.19. The molecule has 0 bridgehead atoms. The fraction of sp³-hybridized carbons (Fsp3) is 0.333. The van der Waals surface area contributed by atoms with E-state index < -0.39 is 24.1 Å². The quantitative estimate of drug-likeness (QED) is 0.346. The van der Waals surface area contributed by atoms with Crippen LogP contribution in [0.1, 0.15) is 28.4 Å². The summed E-state index contributed by atoms with van der Waals surface area (Å²) in [5.74, 6) is 0.0668. The monoisotopic (exact) mass is 454 g/mol. The van der Waals surface area contributed by atoms with Gasteiger partial charge < -0.3 is 35.1 Å². The second kappa shape index (κ2) is 9.13. The molecule has 174 valence electrons. The van der Waals surface area contributed by atoms with Crippen LogP contribution in [0.15, 0.2) is 35.1 Å². The van der Waals surface area contributed by atoms with E-state index in [1.165, 1.54) is 12.1 Å². The first kappa shape index (κ1) is 22.6. The second-order valence-corrected chi connectivity index (χ2v) is 8.16. The van der Waals surface area contributed by atoms with Gasteiger partial charge >= 0.3 is 5.97 Å². The van der Waals surface area contributed by atoms with Crippen LogP contribution in [-0.4, -0.2) is 53.1 Å². The van der Waals surface area contributed by atoms with Gasteiger partial charge in [0.25, 0.3) is 5.56 Å². The van der Waals surface area contributed by atoms with Crippen LogP contribution in [0, 0.1) is 0 Å². The number of carbonyl (C=O) groups is 1. The lowest BCUT2D eigenvalue weighted by molar-refractivity contribution is -0.136. The number of methoxy groups -OCH3 is 2. The number of aromatic hydroxyl groups is 1. The largest absolute Gasteiger partial charge is 0.506 e. The van der Waals surface area contributed by atoms with Crippen molar-refractivity contribution in [2.24, 2.45) is 0 Å². The van der Waals surface area contributed by atoms with Crippen molar-refractivity contribution >= 4 is 16.9 Å². The van der Waals surface area contributed by atoms with Crippen LogP contribution >= 0.6 is 0 Å². The molecule has 2 aromatic carbocycles. The Kier molecular flexibility index (Phi) is 6.26. The molecule has 0 aliphatic heterocycles. The number of benzene rings is 2. The Labute approximate surface area is 189 Å². The molecule has 0 saturated carbocycles. The summed E-state index contributed by atoms with van der Waals surface area (Å²) < 4.78 is 10.8. The molecule has 33 heavy (non-hydrogen) atoms. The van der Waals surface area contributed by atoms with Crippen LogP contribution in [-0.2, 0) is 24.1 Å². The number of carboxylic acids is 1. The van der Waals surface area contributed by atoms with Crippen molar-refractivity contribution in [3.8, 4) is 17.2 Å². The van der Waals surface area contributed by atoms with E-state index >= 15 is 0 Å². The fourth-order valence-corrected chi connectivity index (χ4v) is 4.41. The fourth-order valence-electron chi connectivity index (χ4n) is 4.41. The number of aromatic amines is 1. The molecule has 1 aromatic heterocycles. The highest BCUT2D eigenvalue weighted by Gasteiger charge is 2.25. The Balaban J connectivity index is 1.53. The summed E-state index contributed by atoms with van der Waals surface area (Å²) in [5, 5.41) is 33.9. The van der Waals surface area contributed by atoms with Gasteiger partial charge in [-0.2, -0.15) is 0 Å². The van der Waals surface area contributed by atoms with E-state index in [9.17, 15) is 19.8 Å². The number of ether oxygens (including phenoxy) is 2. The smallest absolute Gasteiger partial charge is 0.308 e. The maximum atomic E-state index is 12.2. The Morgan fingerprint density at radius 3 is 2.36 bits per heavy atom. The molecular formula is C24H26N2O7. The van der Waals surface area contributed by atoms with Gasteiger partial charge in [-0.05, 0) is 53.8 Å². The number of carboxylic acid groups (broad SMARTS) is 1. The van der Waals surface area contributed by atoms with Crippen LogP contribution in [0.2, 0.25) is 0 Å². The van der Waals surface area contributed by atoms with Crippen LogP contribution in [0.25, 0.3) is 10.9 Å². The lowest BCUT2D eigenvalue weighted by Gasteiger charge is -2.18. The average molecular weight is 454 g/mol. The zero-order chi connectivity index (χ0) is 23.7. The van der Waals surface area contributed by atoms with Crippen molar-refractivity contribution in [2.45, 2.75) is 31.4 Å². The van der Waals surface area contributed by atoms with Crippen molar-refractivity contribution in [1.29, 1.82) is 0 Å². The number of aliphatic carboxylic acids is 1. The zero-order valence-corrected chi connectivity index (χ0v) is 18.3. The van der Waals surface area contributed by atoms with E-state index in [1.54, 1.807) is 20.3 Å². The summed E-state index contributed by atoms with van der Waals surface area (Å²) in [6, 6.07) is 8.45. The van der Waals surface area contributed by atoms with Crippen LogP contribution in [0.5, 0.6) is 17.2 Å². The molecule has 0 radical (unpaired) electrons. The number of pyridine rings is 1. The molecule has 1 heterocycles. The molecule has 9 heteroatoms. The third-order valence-corrected chi connectivity index (χ3v) is 6.04. The second-order valence-electron chi connectivity index (χ2n) is 8.16. The molecule has 4 rings (SSSR count). The van der Waals surface area contributed by atoms with Crippen molar-refractivity contribution < 1.29 is 29.6 Å². The molecular weight excluding hydrogens is 428 g/mol. The van der Waals surface area contributed by atoms with Gasteiger partial charge in [-0.3, -0.25) is 9.59 Å². The Morgan fingerprint density at radius 1 is 1.15 bits per heavy atom. The van der Waals surface area contributed by atoms with Gasteiger partial charge in [0.2, 0.25) is 0 Å². The van der Waals surface area contributed by atoms with Crippen LogP contribution in [0.4, 0.5) is 0 Å². The molecule has 9 nitrogen and oxygen atoms in total. The molecule has 5 N–H and O–H groups in total. The summed E-state index contributed by atoms with van der Waals surface area (Å²) in [6.07, 6.45) is 0.149. The number of fused-ring (bicyclic) bond motifs is 2. The Hall–Kier alpha value is -3.56. The molecule has 0 fully saturated rings. The predicted octanol–water partition coefficient (Wildman–Crippen LogP) is 1.67. The van der Waals surface area contributed by atoms with E-state index in [0.29, 0.717) is 22.4 Å². The minimum absolute atomic E-state index is 0.0520. The highest BCUT2D eigenvalue weighted by Crippen LogP contribution is 2.35. The molecule has 0 spiro atoms. The lowest BCUT2D eigenvalue weighted by Crippen LogP contribution is -2.33. The molecule has 1 aliphatic rings. The van der Waals surface area contributed by atoms with Gasteiger partial charge in [0.05, 0.1) is 32.3 Å². The Morgan fingerprint density at radius 2 is 1.79 bits per heavy atom. The number of aliphatic hydroxyl groups excluding tert-OH is 1. The van der Waals surface area contributed by atoms with E-state index in [2.05, 4.69) is 10.3 Å². The highest BCUT2D eigenvalue weighted by atomic mass is 16.5. The predicted molar refractivity (Wildman–Crippen MR) is 121 cm³/mol.